The van der Waals surface area contributed by atoms with Gasteiger partial charge in [0.05, 0.1) is 0 Å². The highest BCUT2D eigenvalue weighted by molar-refractivity contribution is 7.80. The lowest BCUT2D eigenvalue weighted by atomic mass is 10.1. The largest absolute Gasteiger partial charge is 0.359 e. The van der Waals surface area contributed by atoms with Crippen molar-refractivity contribution in [2.45, 2.75) is 39.7 Å². The van der Waals surface area contributed by atoms with E-state index in [1.165, 1.54) is 5.56 Å². The van der Waals surface area contributed by atoms with Crippen LogP contribution in [-0.4, -0.2) is 16.9 Å². The van der Waals surface area contributed by atoms with Gasteiger partial charge in [-0.05, 0) is 38.0 Å². The molecule has 0 aliphatic heterocycles. The van der Waals surface area contributed by atoms with Crippen LogP contribution in [0.3, 0.4) is 0 Å². The zero-order chi connectivity index (χ0) is 13.4. The fourth-order valence-corrected chi connectivity index (χ4v) is 1.78. The van der Waals surface area contributed by atoms with Gasteiger partial charge in [-0.1, -0.05) is 37.3 Å². The molecule has 0 amide bonds. The van der Waals surface area contributed by atoms with Crippen LogP contribution in [0.15, 0.2) is 35.4 Å². The quantitative estimate of drug-likeness (QED) is 0.487. The third kappa shape index (κ3) is 5.77. The van der Waals surface area contributed by atoms with Gasteiger partial charge in [-0.15, -0.1) is 0 Å². The Bertz CT molecular complexity index is 399. The van der Waals surface area contributed by atoms with Gasteiger partial charge in [0.1, 0.15) is 0 Å². The Morgan fingerprint density at radius 3 is 2.50 bits per heavy atom. The summed E-state index contributed by atoms with van der Waals surface area (Å²) in [6, 6.07) is 10.6. The minimum atomic E-state index is 0.319. The van der Waals surface area contributed by atoms with E-state index in [1.54, 1.807) is 0 Å². The maximum Gasteiger partial charge on any atom is 0.187 e. The highest BCUT2D eigenvalue weighted by Crippen LogP contribution is 2.02. The van der Waals surface area contributed by atoms with Crippen molar-refractivity contribution < 1.29 is 0 Å². The number of nitrogens with zero attached hydrogens (tertiary/aromatic N) is 1. The van der Waals surface area contributed by atoms with Crippen LogP contribution in [0.25, 0.3) is 0 Å². The molecule has 2 N–H and O–H groups in total. The third-order valence-electron chi connectivity index (χ3n) is 2.39. The van der Waals surface area contributed by atoms with E-state index in [0.717, 1.165) is 18.6 Å². The lowest BCUT2D eigenvalue weighted by Crippen LogP contribution is -2.37. The molecular formula is C14H21N3S. The van der Waals surface area contributed by atoms with Crippen LogP contribution in [0.5, 0.6) is 0 Å². The molecule has 18 heavy (non-hydrogen) atoms. The standard InChI is InChI=1S/C14H21N3S/c1-4-13(10-12-8-6-5-7-9-12)16-17-14(18)15-11(2)3/h5-9,11H,4,10H2,1-3H3,(H2,15,17,18). The Hall–Kier alpha value is -1.42. The number of nitrogens with one attached hydrogen (secondary N) is 2. The molecule has 0 aliphatic carbocycles. The topological polar surface area (TPSA) is 36.4 Å². The summed E-state index contributed by atoms with van der Waals surface area (Å²) in [4.78, 5) is 0. The minimum absolute atomic E-state index is 0.319. The monoisotopic (exact) mass is 263 g/mol. The Balaban J connectivity index is 2.53. The summed E-state index contributed by atoms with van der Waals surface area (Å²) < 4.78 is 0. The minimum Gasteiger partial charge on any atom is -0.359 e. The number of benzene rings is 1. The van der Waals surface area contributed by atoms with Crippen LogP contribution >= 0.6 is 12.2 Å². The van der Waals surface area contributed by atoms with Crippen molar-refractivity contribution in [1.29, 1.82) is 0 Å². The van der Waals surface area contributed by atoms with E-state index < -0.39 is 0 Å². The second-order valence-electron chi connectivity index (χ2n) is 4.43. The fraction of sp³-hybridized carbons (Fsp3) is 0.429. The molecule has 1 aromatic carbocycles. The Kier molecular flexibility index (Phi) is 6.36. The molecule has 0 aromatic heterocycles. The van der Waals surface area contributed by atoms with Crippen molar-refractivity contribution >= 4 is 23.0 Å². The number of hydrogen-bond donors (Lipinski definition) is 2. The van der Waals surface area contributed by atoms with Crippen LogP contribution < -0.4 is 10.7 Å². The molecule has 0 fully saturated rings. The summed E-state index contributed by atoms with van der Waals surface area (Å²) in [5.41, 5.74) is 5.25. The smallest absolute Gasteiger partial charge is 0.187 e. The van der Waals surface area contributed by atoms with E-state index in [9.17, 15) is 0 Å². The van der Waals surface area contributed by atoms with Crippen LogP contribution in [0.2, 0.25) is 0 Å². The molecule has 3 nitrogen and oxygen atoms in total. The average molecular weight is 263 g/mol. The van der Waals surface area contributed by atoms with Crippen molar-refractivity contribution in [1.82, 2.24) is 10.7 Å². The first kappa shape index (κ1) is 14.6. The Morgan fingerprint density at radius 2 is 1.94 bits per heavy atom. The first-order chi connectivity index (χ1) is 8.61. The maximum atomic E-state index is 5.13. The molecule has 0 aliphatic rings. The van der Waals surface area contributed by atoms with Gasteiger partial charge >= 0.3 is 0 Å². The van der Waals surface area contributed by atoms with Gasteiger partial charge in [-0.25, -0.2) is 0 Å². The first-order valence-electron chi connectivity index (χ1n) is 6.27. The van der Waals surface area contributed by atoms with E-state index in [1.807, 2.05) is 32.0 Å². The summed E-state index contributed by atoms with van der Waals surface area (Å²) in [5.74, 6) is 0. The van der Waals surface area contributed by atoms with Crippen molar-refractivity contribution in [2.75, 3.05) is 0 Å². The van der Waals surface area contributed by atoms with Crippen molar-refractivity contribution in [3.05, 3.63) is 35.9 Å². The molecule has 0 unspecified atom stereocenters. The van der Waals surface area contributed by atoms with Gasteiger partial charge in [0, 0.05) is 18.2 Å². The van der Waals surface area contributed by atoms with E-state index >= 15 is 0 Å². The zero-order valence-corrected chi connectivity index (χ0v) is 12.1. The second-order valence-corrected chi connectivity index (χ2v) is 4.84. The SMILES string of the molecule is CCC(Cc1ccccc1)=NNC(=S)NC(C)C. The molecular weight excluding hydrogens is 242 g/mol. The highest BCUT2D eigenvalue weighted by Gasteiger charge is 2.00. The lowest BCUT2D eigenvalue weighted by molar-refractivity contribution is 0.718. The van der Waals surface area contributed by atoms with Gasteiger partial charge < -0.3 is 5.32 Å². The van der Waals surface area contributed by atoms with Gasteiger partial charge in [-0.2, -0.15) is 5.10 Å². The predicted octanol–water partition coefficient (Wildman–Crippen LogP) is 2.87. The summed E-state index contributed by atoms with van der Waals surface area (Å²) in [6.07, 6.45) is 1.76. The lowest BCUT2D eigenvalue weighted by Gasteiger charge is -2.11. The third-order valence-corrected chi connectivity index (χ3v) is 2.60. The van der Waals surface area contributed by atoms with Crippen molar-refractivity contribution in [2.24, 2.45) is 5.10 Å². The molecule has 0 atom stereocenters. The summed E-state index contributed by atoms with van der Waals surface area (Å²) >= 11 is 5.13. The molecule has 1 aromatic rings. The number of hydrazone groups is 1. The summed E-state index contributed by atoms with van der Waals surface area (Å²) in [5, 5.41) is 8.03. The normalized spacial score (nSPS) is 11.4. The van der Waals surface area contributed by atoms with Crippen LogP contribution in [0.1, 0.15) is 32.8 Å². The molecule has 0 heterocycles. The fourth-order valence-electron chi connectivity index (χ4n) is 1.50. The first-order valence-corrected chi connectivity index (χ1v) is 6.68. The molecule has 0 saturated carbocycles. The molecule has 98 valence electrons. The van der Waals surface area contributed by atoms with Crippen LogP contribution in [0.4, 0.5) is 0 Å². The van der Waals surface area contributed by atoms with Crippen LogP contribution in [-0.2, 0) is 6.42 Å². The predicted molar refractivity (Wildman–Crippen MR) is 81.9 cm³/mol. The number of rotatable bonds is 5. The van der Waals surface area contributed by atoms with Gasteiger partial charge in [0.15, 0.2) is 5.11 Å². The van der Waals surface area contributed by atoms with E-state index in [-0.39, 0.29) is 0 Å². The van der Waals surface area contributed by atoms with Crippen molar-refractivity contribution in [3.63, 3.8) is 0 Å². The van der Waals surface area contributed by atoms with Gasteiger partial charge in [0.25, 0.3) is 0 Å². The second kappa shape index (κ2) is 7.82. The average Bonchev–Trinajstić information content (AvgIpc) is 2.35. The van der Waals surface area contributed by atoms with Crippen molar-refractivity contribution in [3.8, 4) is 0 Å². The molecule has 0 spiro atoms. The van der Waals surface area contributed by atoms with Crippen LogP contribution in [0, 0.1) is 0 Å². The van der Waals surface area contributed by atoms with Gasteiger partial charge in [0.2, 0.25) is 0 Å². The molecule has 0 radical (unpaired) electrons. The van der Waals surface area contributed by atoms with E-state index in [0.29, 0.717) is 11.2 Å². The number of hydrogen-bond acceptors (Lipinski definition) is 2. The molecule has 1 rings (SSSR count). The van der Waals surface area contributed by atoms with E-state index in [4.69, 9.17) is 12.2 Å². The van der Waals surface area contributed by atoms with Gasteiger partial charge in [-0.3, -0.25) is 5.43 Å². The Labute approximate surface area is 115 Å². The summed E-state index contributed by atoms with van der Waals surface area (Å²) in [7, 11) is 0. The Morgan fingerprint density at radius 1 is 1.28 bits per heavy atom. The maximum absolute atomic E-state index is 5.13. The molecule has 0 saturated heterocycles. The highest BCUT2D eigenvalue weighted by atomic mass is 32.1. The zero-order valence-electron chi connectivity index (χ0n) is 11.2. The van der Waals surface area contributed by atoms with E-state index in [2.05, 4.69) is 34.9 Å². The summed E-state index contributed by atoms with van der Waals surface area (Å²) in [6.45, 7) is 6.19. The molecule has 0 bridgehead atoms. The molecule has 4 heteroatoms. The number of thiocarbonyl (C=S) groups is 1.